The molecule has 0 bridgehead atoms. The second-order valence-corrected chi connectivity index (χ2v) is 4.33. The number of aliphatic hydroxyl groups is 1. The van der Waals surface area contributed by atoms with Crippen LogP contribution >= 0.6 is 0 Å². The Labute approximate surface area is 98.5 Å². The van der Waals surface area contributed by atoms with E-state index < -0.39 is 6.10 Å². The average Bonchev–Trinajstić information content (AvgIpc) is 2.74. The van der Waals surface area contributed by atoms with E-state index in [4.69, 9.17) is 0 Å². The highest BCUT2D eigenvalue weighted by Gasteiger charge is 2.21. The number of aromatic nitrogens is 2. The van der Waals surface area contributed by atoms with E-state index in [0.717, 1.165) is 36.5 Å². The van der Waals surface area contributed by atoms with Gasteiger partial charge in [0, 0.05) is 12.1 Å². The zero-order valence-corrected chi connectivity index (χ0v) is 9.31. The molecular weight excluding hydrogens is 219 g/mol. The van der Waals surface area contributed by atoms with Crippen molar-refractivity contribution in [2.75, 3.05) is 0 Å². The van der Waals surface area contributed by atoms with Crippen molar-refractivity contribution in [3.8, 4) is 11.4 Å². The van der Waals surface area contributed by atoms with Gasteiger partial charge < -0.3 is 9.67 Å². The molecule has 0 radical (unpaired) electrons. The first-order valence-electron chi connectivity index (χ1n) is 5.75. The maximum atomic E-state index is 13.2. The standard InChI is InChI=1S/C13H13FN2O/c14-10-4-1-3-9(7-10)13-15-8-11-12(17)5-2-6-16(11)13/h1,3-4,7-8,12,17H,2,5-6H2. The fourth-order valence-corrected chi connectivity index (χ4v) is 2.34. The molecule has 0 saturated heterocycles. The molecule has 0 fully saturated rings. The van der Waals surface area contributed by atoms with Crippen molar-refractivity contribution in [1.82, 2.24) is 9.55 Å². The molecule has 0 amide bonds. The summed E-state index contributed by atoms with van der Waals surface area (Å²) in [5.74, 6) is 0.467. The topological polar surface area (TPSA) is 38.0 Å². The summed E-state index contributed by atoms with van der Waals surface area (Å²) < 4.78 is 15.2. The molecular formula is C13H13FN2O. The molecule has 3 rings (SSSR count). The van der Waals surface area contributed by atoms with Gasteiger partial charge in [-0.15, -0.1) is 0 Å². The van der Waals surface area contributed by atoms with Crippen LogP contribution in [0.15, 0.2) is 30.5 Å². The zero-order chi connectivity index (χ0) is 11.8. The van der Waals surface area contributed by atoms with Crippen LogP contribution in [0.4, 0.5) is 4.39 Å². The van der Waals surface area contributed by atoms with Crippen molar-refractivity contribution >= 4 is 0 Å². The van der Waals surface area contributed by atoms with Crippen LogP contribution < -0.4 is 0 Å². The van der Waals surface area contributed by atoms with E-state index in [2.05, 4.69) is 4.98 Å². The highest BCUT2D eigenvalue weighted by molar-refractivity contribution is 5.56. The van der Waals surface area contributed by atoms with E-state index in [1.807, 2.05) is 10.6 Å². The fourth-order valence-electron chi connectivity index (χ4n) is 2.34. The van der Waals surface area contributed by atoms with Gasteiger partial charge in [0.2, 0.25) is 0 Å². The van der Waals surface area contributed by atoms with Crippen molar-refractivity contribution in [2.45, 2.75) is 25.5 Å². The molecule has 1 N–H and O–H groups in total. The second-order valence-electron chi connectivity index (χ2n) is 4.33. The summed E-state index contributed by atoms with van der Waals surface area (Å²) in [7, 11) is 0. The maximum Gasteiger partial charge on any atom is 0.140 e. The molecule has 1 aliphatic heterocycles. The molecule has 1 aromatic carbocycles. The van der Waals surface area contributed by atoms with Crippen LogP contribution in [-0.2, 0) is 6.54 Å². The highest BCUT2D eigenvalue weighted by atomic mass is 19.1. The molecule has 2 aromatic rings. The Balaban J connectivity index is 2.10. The van der Waals surface area contributed by atoms with Crippen molar-refractivity contribution in [1.29, 1.82) is 0 Å². The van der Waals surface area contributed by atoms with E-state index >= 15 is 0 Å². The molecule has 0 aliphatic carbocycles. The third kappa shape index (κ3) is 1.74. The number of imidazole rings is 1. The third-order valence-electron chi connectivity index (χ3n) is 3.17. The molecule has 4 heteroatoms. The molecule has 1 aliphatic rings. The Morgan fingerprint density at radius 1 is 1.41 bits per heavy atom. The van der Waals surface area contributed by atoms with Crippen molar-refractivity contribution in [3.05, 3.63) is 42.0 Å². The van der Waals surface area contributed by atoms with Gasteiger partial charge in [0.15, 0.2) is 0 Å². The van der Waals surface area contributed by atoms with Crippen molar-refractivity contribution < 1.29 is 9.50 Å². The fraction of sp³-hybridized carbons (Fsp3) is 0.308. The number of hydrogen-bond donors (Lipinski definition) is 1. The van der Waals surface area contributed by atoms with Crippen LogP contribution in [0.3, 0.4) is 0 Å². The number of aliphatic hydroxyl groups excluding tert-OH is 1. The van der Waals surface area contributed by atoms with Crippen LogP contribution in [0.2, 0.25) is 0 Å². The van der Waals surface area contributed by atoms with Gasteiger partial charge in [0.25, 0.3) is 0 Å². The van der Waals surface area contributed by atoms with Crippen LogP contribution in [0.1, 0.15) is 24.6 Å². The number of halogens is 1. The summed E-state index contributed by atoms with van der Waals surface area (Å²) >= 11 is 0. The molecule has 17 heavy (non-hydrogen) atoms. The first-order chi connectivity index (χ1) is 8.25. The number of hydrogen-bond acceptors (Lipinski definition) is 2. The monoisotopic (exact) mass is 232 g/mol. The first-order valence-corrected chi connectivity index (χ1v) is 5.75. The van der Waals surface area contributed by atoms with Gasteiger partial charge in [-0.2, -0.15) is 0 Å². The Bertz CT molecular complexity index is 550. The van der Waals surface area contributed by atoms with Gasteiger partial charge in [-0.25, -0.2) is 9.37 Å². The van der Waals surface area contributed by atoms with Crippen LogP contribution in [0.25, 0.3) is 11.4 Å². The van der Waals surface area contributed by atoms with Crippen molar-refractivity contribution in [3.63, 3.8) is 0 Å². The average molecular weight is 232 g/mol. The first kappa shape index (κ1) is 10.5. The lowest BCUT2D eigenvalue weighted by molar-refractivity contribution is 0.139. The zero-order valence-electron chi connectivity index (χ0n) is 9.31. The van der Waals surface area contributed by atoms with Gasteiger partial charge in [-0.3, -0.25) is 0 Å². The summed E-state index contributed by atoms with van der Waals surface area (Å²) in [6.07, 6.45) is 2.93. The van der Waals surface area contributed by atoms with E-state index in [1.54, 1.807) is 12.3 Å². The summed E-state index contributed by atoms with van der Waals surface area (Å²) in [4.78, 5) is 4.30. The molecule has 0 spiro atoms. The quantitative estimate of drug-likeness (QED) is 0.820. The van der Waals surface area contributed by atoms with Crippen molar-refractivity contribution in [2.24, 2.45) is 0 Å². The largest absolute Gasteiger partial charge is 0.387 e. The van der Waals surface area contributed by atoms with E-state index in [0.29, 0.717) is 0 Å². The molecule has 1 aromatic heterocycles. The number of benzene rings is 1. The summed E-state index contributed by atoms with van der Waals surface area (Å²) in [6.45, 7) is 0.832. The normalized spacial score (nSPS) is 19.1. The predicted octanol–water partition coefficient (Wildman–Crippen LogP) is 2.52. The number of fused-ring (bicyclic) bond motifs is 1. The molecule has 1 atom stereocenters. The summed E-state index contributed by atoms with van der Waals surface area (Å²) in [6, 6.07) is 6.39. The van der Waals surface area contributed by atoms with Gasteiger partial charge in [-0.05, 0) is 25.0 Å². The lowest BCUT2D eigenvalue weighted by Gasteiger charge is -2.21. The summed E-state index contributed by atoms with van der Waals surface area (Å²) in [5, 5.41) is 9.84. The molecule has 3 nitrogen and oxygen atoms in total. The van der Waals surface area contributed by atoms with Crippen LogP contribution in [-0.4, -0.2) is 14.7 Å². The van der Waals surface area contributed by atoms with Gasteiger partial charge in [-0.1, -0.05) is 12.1 Å². The highest BCUT2D eigenvalue weighted by Crippen LogP contribution is 2.30. The molecule has 0 saturated carbocycles. The van der Waals surface area contributed by atoms with E-state index in [1.165, 1.54) is 12.1 Å². The Kier molecular flexibility index (Phi) is 2.44. The molecule has 88 valence electrons. The van der Waals surface area contributed by atoms with Gasteiger partial charge in [0.1, 0.15) is 11.6 Å². The van der Waals surface area contributed by atoms with Gasteiger partial charge >= 0.3 is 0 Å². The van der Waals surface area contributed by atoms with Crippen LogP contribution in [0, 0.1) is 5.82 Å². The van der Waals surface area contributed by atoms with Crippen LogP contribution in [0.5, 0.6) is 0 Å². The minimum atomic E-state index is -0.446. The third-order valence-corrected chi connectivity index (χ3v) is 3.17. The molecule has 1 unspecified atom stereocenters. The van der Waals surface area contributed by atoms with E-state index in [9.17, 15) is 9.50 Å². The Morgan fingerprint density at radius 2 is 2.29 bits per heavy atom. The second kappa shape index (κ2) is 3.96. The lowest BCUT2D eigenvalue weighted by Crippen LogP contribution is -2.15. The lowest BCUT2D eigenvalue weighted by atomic mass is 10.1. The Hall–Kier alpha value is -1.68. The van der Waals surface area contributed by atoms with E-state index in [-0.39, 0.29) is 5.82 Å². The SMILES string of the molecule is OC1CCCn2c1cnc2-c1cccc(F)c1. The number of nitrogens with zero attached hydrogens (tertiary/aromatic N) is 2. The maximum absolute atomic E-state index is 13.2. The predicted molar refractivity (Wildman–Crippen MR) is 61.8 cm³/mol. The molecule has 2 heterocycles. The minimum absolute atomic E-state index is 0.267. The van der Waals surface area contributed by atoms with Gasteiger partial charge in [0.05, 0.1) is 18.0 Å². The summed E-state index contributed by atoms with van der Waals surface area (Å²) in [5.41, 5.74) is 1.58. The number of rotatable bonds is 1. The smallest absolute Gasteiger partial charge is 0.140 e. The minimum Gasteiger partial charge on any atom is -0.387 e. The Morgan fingerprint density at radius 3 is 3.12 bits per heavy atom.